The van der Waals surface area contributed by atoms with Crippen molar-refractivity contribution in [3.05, 3.63) is 11.6 Å². The van der Waals surface area contributed by atoms with Crippen molar-refractivity contribution in [3.63, 3.8) is 0 Å². The largest absolute Gasteiger partial charge is 0.380 e. The Hall–Kier alpha value is -0.380. The predicted molar refractivity (Wildman–Crippen MR) is 59.3 cm³/mol. The van der Waals surface area contributed by atoms with Crippen molar-refractivity contribution in [3.8, 4) is 0 Å². The minimum absolute atomic E-state index is 0.802. The van der Waals surface area contributed by atoms with E-state index in [-0.39, 0.29) is 0 Å². The number of rotatable bonds is 6. The molecule has 1 aliphatic heterocycles. The fourth-order valence-corrected chi connectivity index (χ4v) is 1.75. The second-order valence-corrected chi connectivity index (χ2v) is 3.84. The number of unbranched alkanes of at least 4 members (excludes halogenated alkanes) is 1. The lowest BCUT2D eigenvalue weighted by atomic mass is 10.1. The average molecular weight is 198 g/mol. The second-order valence-electron chi connectivity index (χ2n) is 3.84. The van der Waals surface area contributed by atoms with Gasteiger partial charge in [-0.1, -0.05) is 6.08 Å². The Balaban J connectivity index is 2.14. The molecule has 0 aromatic rings. The van der Waals surface area contributed by atoms with Gasteiger partial charge < -0.3 is 10.5 Å². The van der Waals surface area contributed by atoms with Crippen molar-refractivity contribution in [2.24, 2.45) is 5.73 Å². The summed E-state index contributed by atoms with van der Waals surface area (Å²) in [5.74, 6) is 0. The summed E-state index contributed by atoms with van der Waals surface area (Å²) in [7, 11) is 1.76. The van der Waals surface area contributed by atoms with Gasteiger partial charge >= 0.3 is 0 Å². The fourth-order valence-electron chi connectivity index (χ4n) is 1.75. The first-order chi connectivity index (χ1) is 6.86. The van der Waals surface area contributed by atoms with Gasteiger partial charge in [0.2, 0.25) is 0 Å². The second kappa shape index (κ2) is 6.98. The van der Waals surface area contributed by atoms with Gasteiger partial charge in [-0.05, 0) is 37.9 Å². The summed E-state index contributed by atoms with van der Waals surface area (Å²) in [4.78, 5) is 2.48. The fraction of sp³-hybridized carbons (Fsp3) is 0.818. The van der Waals surface area contributed by atoms with E-state index >= 15 is 0 Å². The number of hydrogen-bond acceptors (Lipinski definition) is 3. The zero-order valence-electron chi connectivity index (χ0n) is 9.17. The van der Waals surface area contributed by atoms with E-state index in [1.54, 1.807) is 7.11 Å². The third-order valence-corrected chi connectivity index (χ3v) is 2.65. The standard InChI is InChI=1S/C11H22N2O/c1-14-10-11-4-8-13(9-5-11)7-3-2-6-12/h4H,2-3,5-10,12H2,1H3. The number of hydrogen-bond donors (Lipinski definition) is 1. The summed E-state index contributed by atoms with van der Waals surface area (Å²) in [5.41, 5.74) is 6.91. The van der Waals surface area contributed by atoms with Crippen LogP contribution >= 0.6 is 0 Å². The van der Waals surface area contributed by atoms with Gasteiger partial charge in [-0.15, -0.1) is 0 Å². The average Bonchev–Trinajstić information content (AvgIpc) is 2.21. The van der Waals surface area contributed by atoms with E-state index in [1.807, 2.05) is 0 Å². The van der Waals surface area contributed by atoms with Gasteiger partial charge in [-0.3, -0.25) is 4.90 Å². The van der Waals surface area contributed by atoms with E-state index < -0.39 is 0 Å². The highest BCUT2D eigenvalue weighted by molar-refractivity contribution is 5.07. The Labute approximate surface area is 86.9 Å². The smallest absolute Gasteiger partial charge is 0.0673 e. The van der Waals surface area contributed by atoms with E-state index in [2.05, 4.69) is 11.0 Å². The van der Waals surface area contributed by atoms with E-state index in [9.17, 15) is 0 Å². The van der Waals surface area contributed by atoms with Crippen LogP contribution in [0.15, 0.2) is 11.6 Å². The Morgan fingerprint density at radius 2 is 2.36 bits per heavy atom. The van der Waals surface area contributed by atoms with Gasteiger partial charge in [0.25, 0.3) is 0 Å². The van der Waals surface area contributed by atoms with Crippen LogP contribution < -0.4 is 5.73 Å². The van der Waals surface area contributed by atoms with E-state index in [0.717, 1.165) is 32.5 Å². The van der Waals surface area contributed by atoms with Crippen LogP contribution in [0.4, 0.5) is 0 Å². The zero-order valence-corrected chi connectivity index (χ0v) is 9.17. The van der Waals surface area contributed by atoms with Crippen LogP contribution in [-0.4, -0.2) is 44.8 Å². The third kappa shape index (κ3) is 4.22. The summed E-state index contributed by atoms with van der Waals surface area (Å²) in [5, 5.41) is 0. The van der Waals surface area contributed by atoms with Crippen LogP contribution in [-0.2, 0) is 4.74 Å². The lowest BCUT2D eigenvalue weighted by Gasteiger charge is -2.25. The molecule has 1 rings (SSSR count). The Bertz CT molecular complexity index is 180. The minimum atomic E-state index is 0.802. The van der Waals surface area contributed by atoms with Crippen molar-refractivity contribution < 1.29 is 4.74 Å². The van der Waals surface area contributed by atoms with Gasteiger partial charge in [0.1, 0.15) is 0 Å². The molecule has 3 heteroatoms. The van der Waals surface area contributed by atoms with Crippen LogP contribution in [0.1, 0.15) is 19.3 Å². The molecule has 0 saturated heterocycles. The topological polar surface area (TPSA) is 38.5 Å². The van der Waals surface area contributed by atoms with Crippen molar-refractivity contribution in [2.45, 2.75) is 19.3 Å². The molecule has 82 valence electrons. The molecule has 0 aliphatic carbocycles. The highest BCUT2D eigenvalue weighted by atomic mass is 16.5. The van der Waals surface area contributed by atoms with Gasteiger partial charge in [0, 0.05) is 20.2 Å². The van der Waals surface area contributed by atoms with Gasteiger partial charge in [0.05, 0.1) is 6.61 Å². The Morgan fingerprint density at radius 1 is 1.50 bits per heavy atom. The SMILES string of the molecule is COCC1=CCN(CCCCN)CC1. The number of ether oxygens (including phenoxy) is 1. The van der Waals surface area contributed by atoms with Crippen molar-refractivity contribution in [1.82, 2.24) is 4.90 Å². The molecule has 0 radical (unpaired) electrons. The molecule has 0 bridgehead atoms. The molecule has 0 amide bonds. The van der Waals surface area contributed by atoms with Crippen LogP contribution in [0.3, 0.4) is 0 Å². The maximum absolute atomic E-state index is 5.46. The van der Waals surface area contributed by atoms with E-state index in [4.69, 9.17) is 10.5 Å². The third-order valence-electron chi connectivity index (χ3n) is 2.65. The molecular formula is C11H22N2O. The maximum atomic E-state index is 5.46. The summed E-state index contributed by atoms with van der Waals surface area (Å²) >= 11 is 0. The highest BCUT2D eigenvalue weighted by Gasteiger charge is 2.10. The van der Waals surface area contributed by atoms with E-state index in [1.165, 1.54) is 25.1 Å². The highest BCUT2D eigenvalue weighted by Crippen LogP contribution is 2.11. The van der Waals surface area contributed by atoms with Gasteiger partial charge in [-0.25, -0.2) is 0 Å². The van der Waals surface area contributed by atoms with Crippen molar-refractivity contribution in [2.75, 3.05) is 39.9 Å². The molecule has 14 heavy (non-hydrogen) atoms. The molecule has 1 aliphatic rings. The maximum Gasteiger partial charge on any atom is 0.0673 e. The minimum Gasteiger partial charge on any atom is -0.380 e. The molecule has 0 aromatic carbocycles. The monoisotopic (exact) mass is 198 g/mol. The summed E-state index contributed by atoms with van der Waals surface area (Å²) in [6.07, 6.45) is 5.83. The van der Waals surface area contributed by atoms with Gasteiger partial charge in [0.15, 0.2) is 0 Å². The molecule has 0 fully saturated rings. The predicted octanol–water partition coefficient (Wildman–Crippen LogP) is 1.00. The van der Waals surface area contributed by atoms with Crippen molar-refractivity contribution in [1.29, 1.82) is 0 Å². The number of nitrogens with two attached hydrogens (primary N) is 1. The van der Waals surface area contributed by atoms with Crippen LogP contribution in [0.2, 0.25) is 0 Å². The van der Waals surface area contributed by atoms with Gasteiger partial charge in [-0.2, -0.15) is 0 Å². The first kappa shape index (κ1) is 11.7. The zero-order chi connectivity index (χ0) is 10.2. The first-order valence-electron chi connectivity index (χ1n) is 5.46. The van der Waals surface area contributed by atoms with Crippen molar-refractivity contribution >= 4 is 0 Å². The Morgan fingerprint density at radius 3 is 2.93 bits per heavy atom. The lowest BCUT2D eigenvalue weighted by Crippen LogP contribution is -2.30. The van der Waals surface area contributed by atoms with E-state index in [0.29, 0.717) is 0 Å². The number of nitrogens with zero attached hydrogens (tertiary/aromatic N) is 1. The molecule has 0 spiro atoms. The quantitative estimate of drug-likeness (QED) is 0.511. The molecular weight excluding hydrogens is 176 g/mol. The molecule has 0 atom stereocenters. The summed E-state index contributed by atoms with van der Waals surface area (Å²) in [6.45, 7) is 5.08. The van der Waals surface area contributed by atoms with Crippen LogP contribution in [0, 0.1) is 0 Å². The number of methoxy groups -OCH3 is 1. The first-order valence-corrected chi connectivity index (χ1v) is 5.46. The normalized spacial score (nSPS) is 18.3. The molecule has 0 aromatic heterocycles. The molecule has 2 N–H and O–H groups in total. The van der Waals surface area contributed by atoms with Crippen LogP contribution in [0.25, 0.3) is 0 Å². The summed E-state index contributed by atoms with van der Waals surface area (Å²) in [6, 6.07) is 0. The summed E-state index contributed by atoms with van der Waals surface area (Å²) < 4.78 is 5.11. The lowest BCUT2D eigenvalue weighted by molar-refractivity contribution is 0.211. The van der Waals surface area contributed by atoms with Crippen LogP contribution in [0.5, 0.6) is 0 Å². The molecule has 0 unspecified atom stereocenters. The molecule has 1 heterocycles. The molecule has 3 nitrogen and oxygen atoms in total. The molecule has 0 saturated carbocycles. The Kier molecular flexibility index (Phi) is 5.83.